The second kappa shape index (κ2) is 11.0. The van der Waals surface area contributed by atoms with Gasteiger partial charge in [-0.3, -0.25) is 0 Å². The molecule has 0 amide bonds. The summed E-state index contributed by atoms with van der Waals surface area (Å²) in [4.78, 5) is 7.34. The monoisotopic (exact) mass is 628 g/mol. The number of hydrogen-bond donors (Lipinski definition) is 0. The van der Waals surface area contributed by atoms with Crippen LogP contribution in [0.2, 0.25) is 0 Å². The minimum atomic E-state index is 0.578. The summed E-state index contributed by atoms with van der Waals surface area (Å²) in [5, 5.41) is 6.86. The lowest BCUT2D eigenvalue weighted by atomic mass is 10.0. The van der Waals surface area contributed by atoms with E-state index in [0.29, 0.717) is 5.89 Å². The predicted octanol–water partition coefficient (Wildman–Crippen LogP) is 12.8. The zero-order chi connectivity index (χ0) is 32.3. The van der Waals surface area contributed by atoms with Gasteiger partial charge in [-0.05, 0) is 64.9 Å². The summed E-state index contributed by atoms with van der Waals surface area (Å²) in [6.07, 6.45) is 0. The molecule has 4 heteroatoms. The third kappa shape index (κ3) is 4.42. The van der Waals surface area contributed by atoms with Gasteiger partial charge in [0.05, 0.1) is 11.4 Å². The fraction of sp³-hybridized carbons (Fsp3) is 0. The van der Waals surface area contributed by atoms with Gasteiger partial charge >= 0.3 is 0 Å². The summed E-state index contributed by atoms with van der Waals surface area (Å²) < 4.78 is 12.8. The molecule has 10 rings (SSSR count). The number of nitrogens with zero attached hydrogens (tertiary/aromatic N) is 2. The van der Waals surface area contributed by atoms with E-state index in [9.17, 15) is 0 Å². The Hall–Kier alpha value is -6.65. The number of aromatic nitrogens is 1. The van der Waals surface area contributed by atoms with E-state index < -0.39 is 0 Å². The normalized spacial score (nSPS) is 11.7. The van der Waals surface area contributed by atoms with Crippen molar-refractivity contribution in [2.24, 2.45) is 0 Å². The fourth-order valence-corrected chi connectivity index (χ4v) is 7.25. The molecule has 0 aliphatic rings. The van der Waals surface area contributed by atoms with E-state index in [0.717, 1.165) is 66.8 Å². The Morgan fingerprint density at radius 2 is 1.00 bits per heavy atom. The third-order valence-electron chi connectivity index (χ3n) is 9.50. The number of para-hydroxylation sites is 2. The smallest absolute Gasteiger partial charge is 0.228 e. The lowest BCUT2D eigenvalue weighted by molar-refractivity contribution is 0.621. The maximum atomic E-state index is 6.62. The number of rotatable bonds is 5. The summed E-state index contributed by atoms with van der Waals surface area (Å²) in [6, 6.07) is 59.2. The Kier molecular flexibility index (Phi) is 6.15. The number of fused-ring (bicyclic) bond motifs is 6. The van der Waals surface area contributed by atoms with Gasteiger partial charge in [0.15, 0.2) is 5.58 Å². The van der Waals surface area contributed by atoms with Crippen LogP contribution in [0, 0.1) is 0 Å². The molecule has 0 saturated carbocycles. The zero-order valence-corrected chi connectivity index (χ0v) is 26.4. The van der Waals surface area contributed by atoms with Crippen molar-refractivity contribution in [2.45, 2.75) is 0 Å². The van der Waals surface area contributed by atoms with E-state index in [-0.39, 0.29) is 0 Å². The molecule has 0 aliphatic heterocycles. The largest absolute Gasteiger partial charge is 0.456 e. The Morgan fingerprint density at radius 3 is 1.73 bits per heavy atom. The molecule has 0 radical (unpaired) electrons. The van der Waals surface area contributed by atoms with Crippen LogP contribution in [-0.4, -0.2) is 4.98 Å². The van der Waals surface area contributed by atoms with Gasteiger partial charge in [0, 0.05) is 38.4 Å². The third-order valence-corrected chi connectivity index (χ3v) is 9.50. The van der Waals surface area contributed by atoms with E-state index >= 15 is 0 Å². The fourth-order valence-electron chi connectivity index (χ4n) is 7.25. The molecule has 230 valence electrons. The number of benzene rings is 8. The Balaban J connectivity index is 1.11. The average Bonchev–Trinajstić information content (AvgIpc) is 3.78. The van der Waals surface area contributed by atoms with E-state index in [4.69, 9.17) is 13.8 Å². The molecule has 2 aromatic heterocycles. The van der Waals surface area contributed by atoms with E-state index in [1.807, 2.05) is 42.5 Å². The van der Waals surface area contributed by atoms with E-state index in [2.05, 4.69) is 132 Å². The van der Waals surface area contributed by atoms with Crippen molar-refractivity contribution in [3.63, 3.8) is 0 Å². The minimum absolute atomic E-state index is 0.578. The van der Waals surface area contributed by atoms with Gasteiger partial charge in [-0.1, -0.05) is 121 Å². The molecule has 0 fully saturated rings. The standard InChI is InChI=1S/C45H28N2O2/c1-3-15-33-29(11-1)13-7-21-39(33)47(40-22-8-14-30-12-2-4-16-34(30)40)32-27-25-31(26-28-32)35-18-9-20-38-44(35)49-45(46-38)37-19-10-24-42-43(37)36-17-5-6-23-41(36)48-42/h1-28H. The van der Waals surface area contributed by atoms with Gasteiger partial charge in [-0.25, -0.2) is 4.98 Å². The van der Waals surface area contributed by atoms with Crippen LogP contribution in [0.1, 0.15) is 0 Å². The lowest BCUT2D eigenvalue weighted by Gasteiger charge is -2.28. The van der Waals surface area contributed by atoms with Crippen LogP contribution in [0.4, 0.5) is 17.1 Å². The molecule has 10 aromatic rings. The van der Waals surface area contributed by atoms with Crippen LogP contribution in [0.3, 0.4) is 0 Å². The lowest BCUT2D eigenvalue weighted by Crippen LogP contribution is -2.11. The highest BCUT2D eigenvalue weighted by molar-refractivity contribution is 6.12. The predicted molar refractivity (Wildman–Crippen MR) is 202 cm³/mol. The first-order valence-corrected chi connectivity index (χ1v) is 16.5. The van der Waals surface area contributed by atoms with Crippen molar-refractivity contribution in [3.8, 4) is 22.6 Å². The van der Waals surface area contributed by atoms with Crippen molar-refractivity contribution < 1.29 is 8.83 Å². The summed E-state index contributed by atoms with van der Waals surface area (Å²) >= 11 is 0. The molecule has 0 N–H and O–H groups in total. The van der Waals surface area contributed by atoms with Gasteiger partial charge in [0.2, 0.25) is 5.89 Å². The zero-order valence-electron chi connectivity index (χ0n) is 26.4. The molecule has 8 aromatic carbocycles. The van der Waals surface area contributed by atoms with Crippen LogP contribution < -0.4 is 4.90 Å². The maximum absolute atomic E-state index is 6.62. The van der Waals surface area contributed by atoms with Crippen molar-refractivity contribution in [3.05, 3.63) is 170 Å². The molecule has 0 atom stereocenters. The summed E-state index contributed by atoms with van der Waals surface area (Å²) in [7, 11) is 0. The molecule has 0 saturated heterocycles. The van der Waals surface area contributed by atoms with Crippen LogP contribution in [0.25, 0.3) is 77.2 Å². The van der Waals surface area contributed by atoms with Crippen LogP contribution >= 0.6 is 0 Å². The van der Waals surface area contributed by atoms with Gasteiger partial charge in [0.25, 0.3) is 0 Å². The first-order valence-electron chi connectivity index (χ1n) is 16.5. The summed E-state index contributed by atoms with van der Waals surface area (Å²) in [5.41, 5.74) is 9.54. The average molecular weight is 629 g/mol. The van der Waals surface area contributed by atoms with Crippen LogP contribution in [-0.2, 0) is 0 Å². The highest BCUT2D eigenvalue weighted by Crippen LogP contribution is 2.43. The Labute approximate surface area is 282 Å². The van der Waals surface area contributed by atoms with E-state index in [1.165, 1.54) is 21.5 Å². The molecule has 0 spiro atoms. The molecule has 49 heavy (non-hydrogen) atoms. The van der Waals surface area contributed by atoms with Crippen molar-refractivity contribution in [1.29, 1.82) is 0 Å². The first-order chi connectivity index (χ1) is 24.3. The number of furan rings is 1. The van der Waals surface area contributed by atoms with Crippen molar-refractivity contribution >= 4 is 71.6 Å². The number of hydrogen-bond acceptors (Lipinski definition) is 4. The van der Waals surface area contributed by atoms with Gasteiger partial charge in [0.1, 0.15) is 16.7 Å². The molecular weight excluding hydrogens is 601 g/mol. The molecule has 0 bridgehead atoms. The molecule has 4 nitrogen and oxygen atoms in total. The molecule has 0 unspecified atom stereocenters. The van der Waals surface area contributed by atoms with E-state index in [1.54, 1.807) is 0 Å². The van der Waals surface area contributed by atoms with Gasteiger partial charge in [-0.15, -0.1) is 0 Å². The number of anilines is 3. The van der Waals surface area contributed by atoms with Crippen molar-refractivity contribution in [2.75, 3.05) is 4.90 Å². The summed E-state index contributed by atoms with van der Waals surface area (Å²) in [6.45, 7) is 0. The Bertz CT molecular complexity index is 2750. The van der Waals surface area contributed by atoms with Crippen LogP contribution in [0.5, 0.6) is 0 Å². The quantitative estimate of drug-likeness (QED) is 0.190. The van der Waals surface area contributed by atoms with Crippen LogP contribution in [0.15, 0.2) is 179 Å². The van der Waals surface area contributed by atoms with Gasteiger partial charge < -0.3 is 13.7 Å². The van der Waals surface area contributed by atoms with Crippen molar-refractivity contribution in [1.82, 2.24) is 4.98 Å². The second-order valence-corrected chi connectivity index (χ2v) is 12.3. The number of oxazole rings is 1. The Morgan fingerprint density at radius 1 is 0.429 bits per heavy atom. The minimum Gasteiger partial charge on any atom is -0.456 e. The SMILES string of the molecule is c1ccc2c(N(c3ccc(-c4cccc5nc(-c6cccc7oc8ccccc8c67)oc45)cc3)c3cccc4ccccc34)cccc2c1. The highest BCUT2D eigenvalue weighted by Gasteiger charge is 2.20. The topological polar surface area (TPSA) is 42.4 Å². The molecule has 0 aliphatic carbocycles. The second-order valence-electron chi connectivity index (χ2n) is 12.3. The molecular formula is C45H28N2O2. The summed E-state index contributed by atoms with van der Waals surface area (Å²) in [5.74, 6) is 0.578. The van der Waals surface area contributed by atoms with Gasteiger partial charge in [-0.2, -0.15) is 0 Å². The molecule has 2 heterocycles. The first kappa shape index (κ1) is 27.5. The highest BCUT2D eigenvalue weighted by atomic mass is 16.4. The maximum Gasteiger partial charge on any atom is 0.228 e.